The monoisotopic (exact) mass is 392 g/mol. The Hall–Kier alpha value is -2.05. The van der Waals surface area contributed by atoms with E-state index in [4.69, 9.17) is 11.6 Å². The molecular formula is C19H21ClN2O3S. The molecule has 1 amide bonds. The van der Waals surface area contributed by atoms with Crippen molar-refractivity contribution in [3.05, 3.63) is 52.0 Å². The van der Waals surface area contributed by atoms with E-state index in [1.807, 2.05) is 13.0 Å². The average molecular weight is 393 g/mol. The van der Waals surface area contributed by atoms with Gasteiger partial charge in [0.15, 0.2) is 0 Å². The smallest absolute Gasteiger partial charge is 0.262 e. The summed E-state index contributed by atoms with van der Waals surface area (Å²) < 4.78 is 28.3. The lowest BCUT2D eigenvalue weighted by molar-refractivity contribution is -0.117. The highest BCUT2D eigenvalue weighted by molar-refractivity contribution is 7.92. The Bertz CT molecular complexity index is 987. The number of nitrogens with zero attached hydrogens (tertiary/aromatic N) is 1. The molecule has 0 aromatic heterocycles. The van der Waals surface area contributed by atoms with Gasteiger partial charge < -0.3 is 4.90 Å². The standard InChI is InChI=1S/C19H21ClN2O3S/c1-12-6-7-15(11-17(12)22-8-4-5-19(22)23)21-26(24,25)18-10-13(2)16(20)9-14(18)3/h6-7,9-11,21H,4-5,8H2,1-3H3. The van der Waals surface area contributed by atoms with E-state index in [0.717, 1.165) is 17.7 Å². The van der Waals surface area contributed by atoms with Gasteiger partial charge in [-0.3, -0.25) is 9.52 Å². The highest BCUT2D eigenvalue weighted by Crippen LogP contribution is 2.30. The van der Waals surface area contributed by atoms with Crippen molar-refractivity contribution < 1.29 is 13.2 Å². The number of benzene rings is 2. The molecule has 2 aromatic rings. The maximum Gasteiger partial charge on any atom is 0.262 e. The van der Waals surface area contributed by atoms with Crippen LogP contribution in [0, 0.1) is 20.8 Å². The Kier molecular flexibility index (Phi) is 4.99. The quantitative estimate of drug-likeness (QED) is 0.848. The van der Waals surface area contributed by atoms with Gasteiger partial charge in [-0.2, -0.15) is 0 Å². The van der Waals surface area contributed by atoms with Crippen molar-refractivity contribution >= 4 is 38.9 Å². The third kappa shape index (κ3) is 3.57. The maximum absolute atomic E-state index is 12.8. The van der Waals surface area contributed by atoms with Crippen LogP contribution in [-0.4, -0.2) is 20.9 Å². The molecule has 0 atom stereocenters. The number of anilines is 2. The van der Waals surface area contributed by atoms with Crippen LogP contribution in [0.2, 0.25) is 5.02 Å². The van der Waals surface area contributed by atoms with Gasteiger partial charge in [-0.1, -0.05) is 17.7 Å². The van der Waals surface area contributed by atoms with E-state index in [-0.39, 0.29) is 10.8 Å². The molecule has 0 saturated carbocycles. The summed E-state index contributed by atoms with van der Waals surface area (Å²) in [7, 11) is -3.76. The van der Waals surface area contributed by atoms with Crippen molar-refractivity contribution in [1.29, 1.82) is 0 Å². The van der Waals surface area contributed by atoms with Crippen LogP contribution in [0.15, 0.2) is 35.2 Å². The molecule has 0 bridgehead atoms. The second-order valence-electron chi connectivity index (χ2n) is 6.62. The molecule has 1 aliphatic heterocycles. The number of rotatable bonds is 4. The number of nitrogens with one attached hydrogen (secondary N) is 1. The SMILES string of the molecule is Cc1cc(S(=O)(=O)Nc2ccc(C)c(N3CCCC3=O)c2)c(C)cc1Cl. The molecule has 138 valence electrons. The van der Waals surface area contributed by atoms with E-state index < -0.39 is 10.0 Å². The summed E-state index contributed by atoms with van der Waals surface area (Å²) in [6, 6.07) is 8.45. The molecule has 7 heteroatoms. The second-order valence-corrected chi connectivity index (χ2v) is 8.68. The molecule has 0 unspecified atom stereocenters. The molecule has 3 rings (SSSR count). The summed E-state index contributed by atoms with van der Waals surface area (Å²) in [5, 5.41) is 0.534. The number of hydrogen-bond donors (Lipinski definition) is 1. The minimum atomic E-state index is -3.76. The van der Waals surface area contributed by atoms with Crippen LogP contribution >= 0.6 is 11.6 Å². The van der Waals surface area contributed by atoms with E-state index in [1.54, 1.807) is 43.0 Å². The Balaban J connectivity index is 1.96. The topological polar surface area (TPSA) is 66.5 Å². The van der Waals surface area contributed by atoms with Gasteiger partial charge in [0.05, 0.1) is 10.6 Å². The van der Waals surface area contributed by atoms with Crippen LogP contribution < -0.4 is 9.62 Å². The molecule has 0 spiro atoms. The van der Waals surface area contributed by atoms with Gasteiger partial charge in [-0.15, -0.1) is 0 Å². The van der Waals surface area contributed by atoms with Gasteiger partial charge >= 0.3 is 0 Å². The number of halogens is 1. The summed E-state index contributed by atoms with van der Waals surface area (Å²) in [5.74, 6) is 0.0669. The lowest BCUT2D eigenvalue weighted by atomic mass is 10.1. The van der Waals surface area contributed by atoms with Gasteiger partial charge in [0.25, 0.3) is 10.0 Å². The number of sulfonamides is 1. The minimum absolute atomic E-state index is 0.0669. The number of amides is 1. The van der Waals surface area contributed by atoms with E-state index in [9.17, 15) is 13.2 Å². The molecule has 2 aromatic carbocycles. The van der Waals surface area contributed by atoms with Gasteiger partial charge in [0, 0.05) is 23.7 Å². The van der Waals surface area contributed by atoms with E-state index in [2.05, 4.69) is 4.72 Å². The van der Waals surface area contributed by atoms with Crippen LogP contribution in [0.25, 0.3) is 0 Å². The Morgan fingerprint density at radius 2 is 1.77 bits per heavy atom. The van der Waals surface area contributed by atoms with Crippen molar-refractivity contribution in [2.45, 2.75) is 38.5 Å². The van der Waals surface area contributed by atoms with Crippen molar-refractivity contribution in [3.8, 4) is 0 Å². The zero-order valence-electron chi connectivity index (χ0n) is 15.0. The third-order valence-electron chi connectivity index (χ3n) is 4.57. The predicted molar refractivity (Wildman–Crippen MR) is 105 cm³/mol. The van der Waals surface area contributed by atoms with Gasteiger partial charge in [-0.25, -0.2) is 8.42 Å². The fourth-order valence-electron chi connectivity index (χ4n) is 3.12. The third-order valence-corrected chi connectivity index (χ3v) is 6.50. The van der Waals surface area contributed by atoms with Crippen molar-refractivity contribution in [3.63, 3.8) is 0 Å². The van der Waals surface area contributed by atoms with Gasteiger partial charge in [0.1, 0.15) is 0 Å². The largest absolute Gasteiger partial charge is 0.312 e. The zero-order chi connectivity index (χ0) is 19.1. The molecule has 1 N–H and O–H groups in total. The van der Waals surface area contributed by atoms with Crippen LogP contribution in [0.1, 0.15) is 29.5 Å². The first-order valence-corrected chi connectivity index (χ1v) is 10.3. The summed E-state index contributed by atoms with van der Waals surface area (Å²) in [6.07, 6.45) is 1.34. The Morgan fingerprint density at radius 1 is 1.04 bits per heavy atom. The summed E-state index contributed by atoms with van der Waals surface area (Å²) in [4.78, 5) is 13.9. The molecule has 1 heterocycles. The molecule has 0 aliphatic carbocycles. The van der Waals surface area contributed by atoms with E-state index in [0.29, 0.717) is 34.8 Å². The molecule has 5 nitrogen and oxygen atoms in total. The predicted octanol–water partition coefficient (Wildman–Crippen LogP) is 4.19. The highest BCUT2D eigenvalue weighted by atomic mass is 35.5. The molecule has 1 aliphatic rings. The lowest BCUT2D eigenvalue weighted by Gasteiger charge is -2.20. The van der Waals surface area contributed by atoms with E-state index in [1.165, 1.54) is 0 Å². The number of carbonyl (C=O) groups is 1. The maximum atomic E-state index is 12.8. The highest BCUT2D eigenvalue weighted by Gasteiger charge is 2.24. The summed E-state index contributed by atoms with van der Waals surface area (Å²) >= 11 is 6.07. The summed E-state index contributed by atoms with van der Waals surface area (Å²) in [6.45, 7) is 6.05. The molecule has 0 radical (unpaired) electrons. The zero-order valence-corrected chi connectivity index (χ0v) is 16.5. The average Bonchev–Trinajstić information content (AvgIpc) is 2.98. The fourth-order valence-corrected chi connectivity index (χ4v) is 4.70. The van der Waals surface area contributed by atoms with Crippen LogP contribution in [0.5, 0.6) is 0 Å². The normalized spacial score (nSPS) is 14.8. The van der Waals surface area contributed by atoms with Gasteiger partial charge in [-0.05, 0) is 68.1 Å². The number of hydrogen-bond acceptors (Lipinski definition) is 3. The lowest BCUT2D eigenvalue weighted by Crippen LogP contribution is -2.24. The van der Waals surface area contributed by atoms with Crippen LogP contribution in [0.4, 0.5) is 11.4 Å². The van der Waals surface area contributed by atoms with Crippen LogP contribution in [0.3, 0.4) is 0 Å². The van der Waals surface area contributed by atoms with Gasteiger partial charge in [0.2, 0.25) is 5.91 Å². The number of aryl methyl sites for hydroxylation is 3. The van der Waals surface area contributed by atoms with Crippen LogP contribution in [-0.2, 0) is 14.8 Å². The molecule has 1 saturated heterocycles. The fraction of sp³-hybridized carbons (Fsp3) is 0.316. The summed E-state index contributed by atoms with van der Waals surface area (Å²) in [5.41, 5.74) is 3.38. The van der Waals surface area contributed by atoms with Crippen molar-refractivity contribution in [1.82, 2.24) is 0 Å². The van der Waals surface area contributed by atoms with Crippen molar-refractivity contribution in [2.75, 3.05) is 16.2 Å². The molecular weight excluding hydrogens is 372 g/mol. The minimum Gasteiger partial charge on any atom is -0.312 e. The second kappa shape index (κ2) is 6.93. The van der Waals surface area contributed by atoms with Crippen molar-refractivity contribution in [2.24, 2.45) is 0 Å². The molecule has 1 fully saturated rings. The Morgan fingerprint density at radius 3 is 2.42 bits per heavy atom. The first-order chi connectivity index (χ1) is 12.2. The molecule has 26 heavy (non-hydrogen) atoms. The van der Waals surface area contributed by atoms with E-state index >= 15 is 0 Å². The first kappa shape index (κ1) is 18.7. The number of carbonyl (C=O) groups excluding carboxylic acids is 1. The first-order valence-electron chi connectivity index (χ1n) is 8.39. The Labute approximate surface area is 159 Å².